The van der Waals surface area contributed by atoms with Gasteiger partial charge in [-0.25, -0.2) is 0 Å². The summed E-state index contributed by atoms with van der Waals surface area (Å²) in [6.45, 7) is 0.166. The summed E-state index contributed by atoms with van der Waals surface area (Å²) in [5, 5.41) is 13.4. The van der Waals surface area contributed by atoms with Crippen molar-refractivity contribution in [2.24, 2.45) is 0 Å². The van der Waals surface area contributed by atoms with Gasteiger partial charge in [-0.05, 0) is 65.7 Å². The maximum Gasteiger partial charge on any atom is 0.266 e. The Bertz CT molecular complexity index is 1230. The van der Waals surface area contributed by atoms with E-state index in [4.69, 9.17) is 55.9 Å². The molecular formula is C24H16Cl4N2O3. The van der Waals surface area contributed by atoms with E-state index in [9.17, 15) is 10.1 Å². The van der Waals surface area contributed by atoms with Gasteiger partial charge >= 0.3 is 0 Å². The summed E-state index contributed by atoms with van der Waals surface area (Å²) in [6.07, 6.45) is 1.39. The van der Waals surface area contributed by atoms with E-state index < -0.39 is 5.91 Å². The average molecular weight is 522 g/mol. The Labute approximate surface area is 211 Å². The molecule has 168 valence electrons. The number of nitrogens with zero attached hydrogens (tertiary/aromatic N) is 1. The van der Waals surface area contributed by atoms with Crippen molar-refractivity contribution in [3.05, 3.63) is 91.4 Å². The first-order valence-corrected chi connectivity index (χ1v) is 10.9. The fourth-order valence-corrected chi connectivity index (χ4v) is 3.71. The van der Waals surface area contributed by atoms with Crippen LogP contribution in [0.25, 0.3) is 6.08 Å². The normalized spacial score (nSPS) is 11.0. The highest BCUT2D eigenvalue weighted by atomic mass is 35.5. The van der Waals surface area contributed by atoms with Crippen molar-refractivity contribution in [2.45, 2.75) is 6.61 Å². The van der Waals surface area contributed by atoms with E-state index >= 15 is 0 Å². The maximum absolute atomic E-state index is 12.5. The monoisotopic (exact) mass is 520 g/mol. The Balaban J connectivity index is 1.75. The van der Waals surface area contributed by atoms with Crippen LogP contribution in [0.1, 0.15) is 11.1 Å². The number of carbonyl (C=O) groups is 1. The SMILES string of the molecule is COc1ccc(NC(=O)/C(C#N)=C\c2cc(Cl)c(OCc3ccc(Cl)c(Cl)c3)c(Cl)c2)cc1. The van der Waals surface area contributed by atoms with Crippen molar-refractivity contribution in [3.8, 4) is 17.6 Å². The second-order valence-electron chi connectivity index (χ2n) is 6.70. The lowest BCUT2D eigenvalue weighted by Gasteiger charge is -2.12. The first-order chi connectivity index (χ1) is 15.8. The van der Waals surface area contributed by atoms with Gasteiger partial charge in [0.25, 0.3) is 5.91 Å². The number of benzene rings is 3. The molecule has 0 fully saturated rings. The highest BCUT2D eigenvalue weighted by Gasteiger charge is 2.14. The molecule has 0 saturated heterocycles. The van der Waals surface area contributed by atoms with Crippen LogP contribution in [0.5, 0.6) is 11.5 Å². The standard InChI is InChI=1S/C24H16Cl4N2O3/c1-32-18-5-3-17(4-6-18)30-24(31)16(12-29)8-15-10-21(27)23(22(28)11-15)33-13-14-2-7-19(25)20(26)9-14/h2-11H,13H2,1H3,(H,30,31)/b16-8-. The first-order valence-electron chi connectivity index (χ1n) is 9.43. The second kappa shape index (κ2) is 11.3. The predicted octanol–water partition coefficient (Wildman–Crippen LogP) is 7.43. The summed E-state index contributed by atoms with van der Waals surface area (Å²) in [5.74, 6) is 0.340. The first kappa shape index (κ1) is 24.8. The fraction of sp³-hybridized carbons (Fsp3) is 0.0833. The van der Waals surface area contributed by atoms with Crippen molar-refractivity contribution in [1.82, 2.24) is 0 Å². The van der Waals surface area contributed by atoms with E-state index in [1.807, 2.05) is 6.07 Å². The summed E-state index contributed by atoms with van der Waals surface area (Å²) < 4.78 is 10.8. The van der Waals surface area contributed by atoms with Gasteiger partial charge < -0.3 is 14.8 Å². The topological polar surface area (TPSA) is 71.3 Å². The van der Waals surface area contributed by atoms with Gasteiger partial charge in [-0.15, -0.1) is 0 Å². The van der Waals surface area contributed by atoms with Crippen molar-refractivity contribution >= 4 is 64.1 Å². The van der Waals surface area contributed by atoms with Gasteiger partial charge in [-0.1, -0.05) is 52.5 Å². The molecule has 0 aliphatic carbocycles. The molecule has 33 heavy (non-hydrogen) atoms. The van der Waals surface area contributed by atoms with Gasteiger partial charge in [0.2, 0.25) is 0 Å². The Kier molecular flexibility index (Phi) is 8.49. The van der Waals surface area contributed by atoms with Crippen LogP contribution in [0.4, 0.5) is 5.69 Å². The molecule has 9 heteroatoms. The highest BCUT2D eigenvalue weighted by Crippen LogP contribution is 2.36. The third-order valence-corrected chi connectivity index (χ3v) is 5.71. The summed E-state index contributed by atoms with van der Waals surface area (Å²) >= 11 is 24.6. The minimum Gasteiger partial charge on any atom is -0.497 e. The largest absolute Gasteiger partial charge is 0.497 e. The summed E-state index contributed by atoms with van der Waals surface area (Å²) in [5.41, 5.74) is 1.64. The molecule has 0 atom stereocenters. The molecule has 1 amide bonds. The lowest BCUT2D eigenvalue weighted by atomic mass is 10.1. The van der Waals surface area contributed by atoms with Gasteiger partial charge in [0, 0.05) is 5.69 Å². The van der Waals surface area contributed by atoms with Crippen LogP contribution in [0, 0.1) is 11.3 Å². The predicted molar refractivity (Wildman–Crippen MR) is 132 cm³/mol. The van der Waals surface area contributed by atoms with Crippen molar-refractivity contribution in [2.75, 3.05) is 12.4 Å². The molecule has 0 radical (unpaired) electrons. The molecule has 3 rings (SSSR count). The number of carbonyl (C=O) groups excluding carboxylic acids is 1. The number of rotatable bonds is 7. The van der Waals surface area contributed by atoms with Crippen molar-refractivity contribution in [1.29, 1.82) is 5.26 Å². The van der Waals surface area contributed by atoms with E-state index in [0.29, 0.717) is 27.0 Å². The third kappa shape index (κ3) is 6.56. The number of ether oxygens (including phenoxy) is 2. The molecule has 0 heterocycles. The third-order valence-electron chi connectivity index (χ3n) is 4.41. The van der Waals surface area contributed by atoms with Gasteiger partial charge in [-0.2, -0.15) is 5.26 Å². The Hall–Kier alpha value is -2.88. The second-order valence-corrected chi connectivity index (χ2v) is 8.33. The number of halogens is 4. The number of methoxy groups -OCH3 is 1. The Morgan fingerprint density at radius 1 is 0.970 bits per heavy atom. The Morgan fingerprint density at radius 2 is 1.64 bits per heavy atom. The molecular weight excluding hydrogens is 506 g/mol. The molecule has 0 saturated carbocycles. The summed E-state index contributed by atoms with van der Waals surface area (Å²) in [6, 6.07) is 16.8. The molecule has 0 unspecified atom stereocenters. The zero-order valence-corrected chi connectivity index (χ0v) is 20.2. The zero-order chi connectivity index (χ0) is 24.0. The molecule has 5 nitrogen and oxygen atoms in total. The average Bonchev–Trinajstić information content (AvgIpc) is 2.79. The Morgan fingerprint density at radius 3 is 2.21 bits per heavy atom. The molecule has 0 bridgehead atoms. The number of amides is 1. The highest BCUT2D eigenvalue weighted by molar-refractivity contribution is 6.42. The van der Waals surface area contributed by atoms with Crippen LogP contribution in [0.3, 0.4) is 0 Å². The van der Waals surface area contributed by atoms with Crippen LogP contribution in [0.2, 0.25) is 20.1 Å². The van der Waals surface area contributed by atoms with Crippen LogP contribution < -0.4 is 14.8 Å². The lowest BCUT2D eigenvalue weighted by Crippen LogP contribution is -2.13. The molecule has 3 aromatic rings. The fourth-order valence-electron chi connectivity index (χ4n) is 2.77. The van der Waals surface area contributed by atoms with E-state index in [-0.39, 0.29) is 28.0 Å². The quantitative estimate of drug-likeness (QED) is 0.259. The molecule has 0 aliphatic rings. The number of hydrogen-bond donors (Lipinski definition) is 1. The smallest absolute Gasteiger partial charge is 0.266 e. The number of nitrogens with one attached hydrogen (secondary N) is 1. The zero-order valence-electron chi connectivity index (χ0n) is 17.2. The van der Waals surface area contributed by atoms with Crippen molar-refractivity contribution in [3.63, 3.8) is 0 Å². The minimum absolute atomic E-state index is 0.123. The number of nitriles is 1. The molecule has 3 aromatic carbocycles. The van der Waals surface area contributed by atoms with Gasteiger partial charge in [0.15, 0.2) is 5.75 Å². The molecule has 0 spiro atoms. The van der Waals surface area contributed by atoms with E-state index in [0.717, 1.165) is 5.56 Å². The summed E-state index contributed by atoms with van der Waals surface area (Å²) in [7, 11) is 1.55. The van der Waals surface area contributed by atoms with Gasteiger partial charge in [0.05, 0.1) is 27.2 Å². The molecule has 0 aromatic heterocycles. The van der Waals surface area contributed by atoms with Crippen LogP contribution in [-0.2, 0) is 11.4 Å². The van der Waals surface area contributed by atoms with E-state index in [1.54, 1.807) is 61.7 Å². The number of hydrogen-bond acceptors (Lipinski definition) is 4. The van der Waals surface area contributed by atoms with Crippen LogP contribution in [0.15, 0.2) is 60.2 Å². The van der Waals surface area contributed by atoms with Crippen LogP contribution in [-0.4, -0.2) is 13.0 Å². The van der Waals surface area contributed by atoms with Crippen molar-refractivity contribution < 1.29 is 14.3 Å². The van der Waals surface area contributed by atoms with Gasteiger partial charge in [-0.3, -0.25) is 4.79 Å². The minimum atomic E-state index is -0.574. The van der Waals surface area contributed by atoms with E-state index in [1.165, 1.54) is 6.08 Å². The number of anilines is 1. The van der Waals surface area contributed by atoms with Gasteiger partial charge in [0.1, 0.15) is 24.0 Å². The molecule has 0 aliphatic heterocycles. The lowest BCUT2D eigenvalue weighted by molar-refractivity contribution is -0.112. The maximum atomic E-state index is 12.5. The van der Waals surface area contributed by atoms with E-state index in [2.05, 4.69) is 5.32 Å². The molecule has 1 N–H and O–H groups in total. The summed E-state index contributed by atoms with van der Waals surface area (Å²) in [4.78, 5) is 12.5. The van der Waals surface area contributed by atoms with Crippen LogP contribution >= 0.6 is 46.4 Å².